The van der Waals surface area contributed by atoms with Crippen molar-refractivity contribution in [2.24, 2.45) is 5.92 Å². The molecule has 4 atom stereocenters. The third-order valence-electron chi connectivity index (χ3n) is 4.15. The molecule has 6 heteroatoms. The Kier molecular flexibility index (Phi) is 5.96. The third kappa shape index (κ3) is 3.73. The lowest BCUT2D eigenvalue weighted by molar-refractivity contribution is -0.130. The molecule has 0 aromatic carbocycles. The quantitative estimate of drug-likeness (QED) is 0.836. The van der Waals surface area contributed by atoms with Crippen LogP contribution in [-0.4, -0.2) is 39.1 Å². The lowest BCUT2D eigenvalue weighted by Crippen LogP contribution is -2.36. The maximum Gasteiger partial charge on any atom is 0.241 e. The highest BCUT2D eigenvalue weighted by molar-refractivity contribution is 7.84. The summed E-state index contributed by atoms with van der Waals surface area (Å²) in [6.45, 7) is 6.68. The second kappa shape index (κ2) is 7.51. The van der Waals surface area contributed by atoms with Crippen LogP contribution >= 0.6 is 11.3 Å². The standard InChI is InChI=1S/C15H24N2O2S2/c1-4-11(3)13-15(18)17(7-9-21(19)5-2)14(16-13)12-6-8-20-10-12/h6,8,10-11,13-14,16H,4-5,7,9H2,1-3H3. The van der Waals surface area contributed by atoms with Gasteiger partial charge in [0.15, 0.2) is 0 Å². The molecule has 0 bridgehead atoms. The van der Waals surface area contributed by atoms with Gasteiger partial charge in [-0.25, -0.2) is 0 Å². The molecule has 1 aromatic rings. The van der Waals surface area contributed by atoms with Gasteiger partial charge in [-0.3, -0.25) is 14.3 Å². The lowest BCUT2D eigenvalue weighted by Gasteiger charge is -2.23. The minimum Gasteiger partial charge on any atom is -0.321 e. The molecule has 0 radical (unpaired) electrons. The van der Waals surface area contributed by atoms with Crippen LogP contribution in [0.25, 0.3) is 0 Å². The van der Waals surface area contributed by atoms with Crippen LogP contribution in [0.1, 0.15) is 38.9 Å². The molecule has 1 saturated heterocycles. The van der Waals surface area contributed by atoms with Crippen LogP contribution < -0.4 is 5.32 Å². The number of nitrogens with one attached hydrogen (secondary N) is 1. The van der Waals surface area contributed by atoms with E-state index in [0.29, 0.717) is 24.0 Å². The van der Waals surface area contributed by atoms with Crippen molar-refractivity contribution >= 4 is 28.0 Å². The summed E-state index contributed by atoms with van der Waals surface area (Å²) in [4.78, 5) is 14.5. The molecule has 4 nitrogen and oxygen atoms in total. The van der Waals surface area contributed by atoms with Crippen molar-refractivity contribution in [3.63, 3.8) is 0 Å². The molecule has 1 aromatic heterocycles. The van der Waals surface area contributed by atoms with E-state index in [4.69, 9.17) is 0 Å². The predicted molar refractivity (Wildman–Crippen MR) is 88.7 cm³/mol. The van der Waals surface area contributed by atoms with E-state index in [1.165, 1.54) is 0 Å². The summed E-state index contributed by atoms with van der Waals surface area (Å²) in [5.41, 5.74) is 1.13. The monoisotopic (exact) mass is 328 g/mol. The normalized spacial score (nSPS) is 25.3. The molecule has 2 heterocycles. The van der Waals surface area contributed by atoms with Crippen LogP contribution in [0.4, 0.5) is 0 Å². The molecule has 1 fully saturated rings. The Hall–Kier alpha value is -0.720. The molecule has 118 valence electrons. The van der Waals surface area contributed by atoms with Gasteiger partial charge in [-0.15, -0.1) is 0 Å². The molecule has 1 aliphatic rings. The van der Waals surface area contributed by atoms with Crippen LogP contribution in [0.5, 0.6) is 0 Å². The van der Waals surface area contributed by atoms with E-state index in [1.54, 1.807) is 11.3 Å². The highest BCUT2D eigenvalue weighted by Crippen LogP contribution is 2.30. The predicted octanol–water partition coefficient (Wildman–Crippen LogP) is 2.36. The van der Waals surface area contributed by atoms with Gasteiger partial charge in [0.25, 0.3) is 0 Å². The Bertz CT molecular complexity index is 490. The van der Waals surface area contributed by atoms with Crippen LogP contribution in [-0.2, 0) is 15.6 Å². The number of rotatable bonds is 7. The second-order valence-electron chi connectivity index (χ2n) is 5.45. The van der Waals surface area contributed by atoms with E-state index < -0.39 is 10.8 Å². The molecular weight excluding hydrogens is 304 g/mol. The Morgan fingerprint density at radius 1 is 1.48 bits per heavy atom. The Morgan fingerprint density at radius 2 is 2.24 bits per heavy atom. The van der Waals surface area contributed by atoms with Crippen LogP contribution in [0, 0.1) is 5.92 Å². The number of carbonyl (C=O) groups excluding carboxylic acids is 1. The molecule has 1 N–H and O–H groups in total. The molecule has 21 heavy (non-hydrogen) atoms. The molecule has 1 aliphatic heterocycles. The fourth-order valence-corrected chi connectivity index (χ4v) is 3.94. The van der Waals surface area contributed by atoms with Gasteiger partial charge in [-0.2, -0.15) is 11.3 Å². The number of hydrogen-bond donors (Lipinski definition) is 1. The SMILES string of the molecule is CCC(C)C1NC(c2ccsc2)N(CCS(=O)CC)C1=O. The molecule has 2 rings (SSSR count). The maximum absolute atomic E-state index is 12.7. The number of thiophene rings is 1. The zero-order valence-corrected chi connectivity index (χ0v) is 14.5. The van der Waals surface area contributed by atoms with Gasteiger partial charge < -0.3 is 4.90 Å². The summed E-state index contributed by atoms with van der Waals surface area (Å²) >= 11 is 1.64. The minimum atomic E-state index is -0.842. The molecule has 1 amide bonds. The largest absolute Gasteiger partial charge is 0.321 e. The van der Waals surface area contributed by atoms with Gasteiger partial charge >= 0.3 is 0 Å². The fourth-order valence-electron chi connectivity index (χ4n) is 2.57. The average molecular weight is 329 g/mol. The highest BCUT2D eigenvalue weighted by Gasteiger charge is 2.41. The maximum atomic E-state index is 12.7. The smallest absolute Gasteiger partial charge is 0.241 e. The van der Waals surface area contributed by atoms with Crippen molar-refractivity contribution in [1.82, 2.24) is 10.2 Å². The third-order valence-corrected chi connectivity index (χ3v) is 6.14. The molecule has 0 aliphatic carbocycles. The van der Waals surface area contributed by atoms with Gasteiger partial charge in [-0.05, 0) is 28.3 Å². The first-order valence-electron chi connectivity index (χ1n) is 7.52. The Balaban J connectivity index is 2.15. The second-order valence-corrected chi connectivity index (χ2v) is 8.10. The summed E-state index contributed by atoms with van der Waals surface area (Å²) in [5, 5.41) is 7.58. The number of amides is 1. The van der Waals surface area contributed by atoms with Crippen molar-refractivity contribution in [3.05, 3.63) is 22.4 Å². The topological polar surface area (TPSA) is 49.4 Å². The van der Waals surface area contributed by atoms with E-state index >= 15 is 0 Å². The molecule has 4 unspecified atom stereocenters. The minimum absolute atomic E-state index is 0.0726. The highest BCUT2D eigenvalue weighted by atomic mass is 32.2. The van der Waals surface area contributed by atoms with E-state index in [0.717, 1.165) is 12.0 Å². The first-order valence-corrected chi connectivity index (χ1v) is 9.95. The van der Waals surface area contributed by atoms with E-state index in [9.17, 15) is 9.00 Å². The van der Waals surface area contributed by atoms with Gasteiger partial charge in [-0.1, -0.05) is 27.2 Å². The number of carbonyl (C=O) groups is 1. The Morgan fingerprint density at radius 3 is 2.81 bits per heavy atom. The van der Waals surface area contributed by atoms with E-state index in [-0.39, 0.29) is 18.1 Å². The molecule has 0 saturated carbocycles. The zero-order chi connectivity index (χ0) is 15.4. The van der Waals surface area contributed by atoms with Gasteiger partial charge in [0.05, 0.1) is 6.04 Å². The summed E-state index contributed by atoms with van der Waals surface area (Å²) in [5.74, 6) is 1.65. The summed E-state index contributed by atoms with van der Waals surface area (Å²) in [6.07, 6.45) is 0.894. The van der Waals surface area contributed by atoms with Crippen LogP contribution in [0.2, 0.25) is 0 Å². The van der Waals surface area contributed by atoms with Crippen molar-refractivity contribution in [2.75, 3.05) is 18.1 Å². The van der Waals surface area contributed by atoms with Crippen molar-refractivity contribution in [1.29, 1.82) is 0 Å². The van der Waals surface area contributed by atoms with Crippen LogP contribution in [0.3, 0.4) is 0 Å². The van der Waals surface area contributed by atoms with Gasteiger partial charge in [0.2, 0.25) is 5.91 Å². The number of nitrogens with zero attached hydrogens (tertiary/aromatic N) is 1. The fraction of sp³-hybridized carbons (Fsp3) is 0.667. The summed E-state index contributed by atoms with van der Waals surface area (Å²) in [7, 11) is -0.842. The van der Waals surface area contributed by atoms with Gasteiger partial charge in [0, 0.05) is 28.9 Å². The first kappa shape index (κ1) is 16.6. The zero-order valence-electron chi connectivity index (χ0n) is 12.9. The van der Waals surface area contributed by atoms with Crippen molar-refractivity contribution in [2.45, 2.75) is 39.4 Å². The van der Waals surface area contributed by atoms with Gasteiger partial charge in [0.1, 0.15) is 6.17 Å². The first-order chi connectivity index (χ1) is 10.1. The summed E-state index contributed by atoms with van der Waals surface area (Å²) < 4.78 is 11.7. The van der Waals surface area contributed by atoms with E-state index in [1.807, 2.05) is 17.2 Å². The van der Waals surface area contributed by atoms with E-state index in [2.05, 4.69) is 30.6 Å². The lowest BCUT2D eigenvalue weighted by atomic mass is 9.99. The molecule has 0 spiro atoms. The summed E-state index contributed by atoms with van der Waals surface area (Å²) in [6, 6.07) is 1.92. The van der Waals surface area contributed by atoms with Crippen molar-refractivity contribution < 1.29 is 9.00 Å². The average Bonchev–Trinajstić information content (AvgIpc) is 3.12. The van der Waals surface area contributed by atoms with Crippen LogP contribution in [0.15, 0.2) is 16.8 Å². The molecular formula is C15H24N2O2S2. The van der Waals surface area contributed by atoms with Crippen molar-refractivity contribution in [3.8, 4) is 0 Å². The Labute approximate surface area is 133 Å². The number of hydrogen-bond acceptors (Lipinski definition) is 4.